The average Bonchev–Trinajstić information content (AvgIpc) is 2.71. The van der Waals surface area contributed by atoms with E-state index < -0.39 is 5.41 Å². The van der Waals surface area contributed by atoms with E-state index in [9.17, 15) is 4.79 Å². The summed E-state index contributed by atoms with van der Waals surface area (Å²) in [6.45, 7) is 0.641. The van der Waals surface area contributed by atoms with E-state index in [4.69, 9.17) is 22.1 Å². The molecule has 1 aliphatic rings. The van der Waals surface area contributed by atoms with Crippen molar-refractivity contribution >= 4 is 17.6 Å². The lowest BCUT2D eigenvalue weighted by atomic mass is 9.80. The van der Waals surface area contributed by atoms with Crippen molar-refractivity contribution in [1.29, 1.82) is 0 Å². The molecule has 0 unspecified atom stereocenters. The number of carbonyl (C=O) groups is 1. The van der Waals surface area contributed by atoms with Gasteiger partial charge in [0.25, 0.3) is 0 Å². The van der Waals surface area contributed by atoms with Crippen molar-refractivity contribution in [3.63, 3.8) is 0 Å². The van der Waals surface area contributed by atoms with Crippen LogP contribution in [-0.4, -0.2) is 12.5 Å². The van der Waals surface area contributed by atoms with E-state index in [1.54, 1.807) is 6.07 Å². The summed E-state index contributed by atoms with van der Waals surface area (Å²) in [4.78, 5) is 12.4. The van der Waals surface area contributed by atoms with Crippen molar-refractivity contribution < 1.29 is 9.53 Å². The molecule has 1 aromatic carbocycles. The third kappa shape index (κ3) is 3.74. The monoisotopic (exact) mass is 295 g/mol. The molecular formula is C16H22ClNO2. The Kier molecular flexibility index (Phi) is 5.44. The molecule has 4 heteroatoms. The van der Waals surface area contributed by atoms with Gasteiger partial charge in [0.2, 0.25) is 0 Å². The fraction of sp³-hybridized carbons (Fsp3) is 0.562. The van der Waals surface area contributed by atoms with E-state index in [0.29, 0.717) is 11.6 Å². The first-order chi connectivity index (χ1) is 9.66. The molecule has 0 aromatic heterocycles. The first-order valence-corrected chi connectivity index (χ1v) is 7.66. The molecule has 1 aromatic rings. The largest absolute Gasteiger partial charge is 0.460 e. The van der Waals surface area contributed by atoms with Gasteiger partial charge in [0, 0.05) is 11.6 Å². The molecule has 1 aliphatic carbocycles. The molecule has 0 radical (unpaired) electrons. The minimum absolute atomic E-state index is 0.151. The van der Waals surface area contributed by atoms with Gasteiger partial charge in [0.15, 0.2) is 0 Å². The highest BCUT2D eigenvalue weighted by Crippen LogP contribution is 2.35. The molecule has 0 saturated heterocycles. The summed E-state index contributed by atoms with van der Waals surface area (Å²) in [7, 11) is 0. The summed E-state index contributed by atoms with van der Waals surface area (Å²) < 4.78 is 5.49. The standard InChI is InChI=1S/C16H22ClNO2/c17-14-7-5-6-13(10-14)11-20-15(19)16(12-18)8-3-1-2-4-9-16/h5-7,10H,1-4,8-9,11-12,18H2. The van der Waals surface area contributed by atoms with Crippen molar-refractivity contribution in [3.05, 3.63) is 34.9 Å². The topological polar surface area (TPSA) is 52.3 Å². The lowest BCUT2D eigenvalue weighted by Gasteiger charge is -2.28. The number of rotatable bonds is 4. The summed E-state index contributed by atoms with van der Waals surface area (Å²) in [5.74, 6) is -0.151. The molecule has 1 saturated carbocycles. The normalized spacial score (nSPS) is 18.3. The maximum absolute atomic E-state index is 12.4. The number of hydrogen-bond acceptors (Lipinski definition) is 3. The van der Waals surface area contributed by atoms with E-state index in [-0.39, 0.29) is 12.6 Å². The van der Waals surface area contributed by atoms with Crippen LogP contribution in [0.3, 0.4) is 0 Å². The van der Waals surface area contributed by atoms with Crippen LogP contribution in [-0.2, 0) is 16.1 Å². The van der Waals surface area contributed by atoms with Gasteiger partial charge in [-0.2, -0.15) is 0 Å². The zero-order valence-electron chi connectivity index (χ0n) is 11.7. The molecule has 110 valence electrons. The Morgan fingerprint density at radius 2 is 1.95 bits per heavy atom. The zero-order chi connectivity index (χ0) is 14.4. The highest BCUT2D eigenvalue weighted by molar-refractivity contribution is 6.30. The third-order valence-electron chi connectivity index (χ3n) is 4.14. The van der Waals surface area contributed by atoms with Crippen molar-refractivity contribution in [2.24, 2.45) is 11.1 Å². The van der Waals surface area contributed by atoms with Crippen LogP contribution < -0.4 is 5.73 Å². The second-order valence-corrected chi connectivity index (χ2v) is 6.04. The zero-order valence-corrected chi connectivity index (χ0v) is 12.5. The molecule has 1 fully saturated rings. The number of benzene rings is 1. The van der Waals surface area contributed by atoms with Crippen LogP contribution in [0.25, 0.3) is 0 Å². The molecule has 0 heterocycles. The van der Waals surface area contributed by atoms with E-state index in [1.807, 2.05) is 18.2 Å². The number of nitrogens with two attached hydrogens (primary N) is 1. The summed E-state index contributed by atoms with van der Waals surface area (Å²) >= 11 is 5.92. The molecular weight excluding hydrogens is 274 g/mol. The van der Waals surface area contributed by atoms with Crippen LogP contribution in [0, 0.1) is 5.41 Å². The highest BCUT2D eigenvalue weighted by Gasteiger charge is 2.38. The fourth-order valence-electron chi connectivity index (χ4n) is 2.83. The Labute approximate surface area is 125 Å². The Morgan fingerprint density at radius 3 is 2.55 bits per heavy atom. The van der Waals surface area contributed by atoms with Gasteiger partial charge in [0.05, 0.1) is 5.41 Å². The maximum atomic E-state index is 12.4. The number of esters is 1. The summed E-state index contributed by atoms with van der Waals surface area (Å²) in [6, 6.07) is 7.38. The minimum atomic E-state index is -0.477. The molecule has 2 rings (SSSR count). The third-order valence-corrected chi connectivity index (χ3v) is 4.38. The fourth-order valence-corrected chi connectivity index (χ4v) is 3.04. The van der Waals surface area contributed by atoms with Crippen LogP contribution in [0.5, 0.6) is 0 Å². The van der Waals surface area contributed by atoms with Crippen molar-refractivity contribution in [1.82, 2.24) is 0 Å². The lowest BCUT2D eigenvalue weighted by molar-refractivity contribution is -0.157. The molecule has 3 nitrogen and oxygen atoms in total. The van der Waals surface area contributed by atoms with Gasteiger partial charge >= 0.3 is 5.97 Å². The predicted octanol–water partition coefficient (Wildman–Crippen LogP) is 3.68. The van der Waals surface area contributed by atoms with E-state index in [2.05, 4.69) is 0 Å². The molecule has 0 atom stereocenters. The first kappa shape index (κ1) is 15.3. The summed E-state index contributed by atoms with van der Waals surface area (Å²) in [5, 5.41) is 0.654. The van der Waals surface area contributed by atoms with Crippen LogP contribution in [0.1, 0.15) is 44.1 Å². The second kappa shape index (κ2) is 7.09. The average molecular weight is 296 g/mol. The van der Waals surface area contributed by atoms with E-state index in [1.165, 1.54) is 12.8 Å². The van der Waals surface area contributed by atoms with Crippen molar-refractivity contribution in [2.75, 3.05) is 6.54 Å². The number of halogens is 1. The predicted molar refractivity (Wildman–Crippen MR) is 80.4 cm³/mol. The van der Waals surface area contributed by atoms with E-state index >= 15 is 0 Å². The Bertz CT molecular complexity index is 454. The van der Waals surface area contributed by atoms with Crippen LogP contribution >= 0.6 is 11.6 Å². The summed E-state index contributed by atoms with van der Waals surface area (Å²) in [5.41, 5.74) is 6.31. The highest BCUT2D eigenvalue weighted by atomic mass is 35.5. The van der Waals surface area contributed by atoms with Gasteiger partial charge in [-0.05, 0) is 30.5 Å². The smallest absolute Gasteiger partial charge is 0.313 e. The molecule has 0 spiro atoms. The van der Waals surface area contributed by atoms with Gasteiger partial charge < -0.3 is 10.5 Å². The molecule has 2 N–H and O–H groups in total. The van der Waals surface area contributed by atoms with E-state index in [0.717, 1.165) is 31.2 Å². The second-order valence-electron chi connectivity index (χ2n) is 5.60. The van der Waals surface area contributed by atoms with Gasteiger partial charge in [-0.1, -0.05) is 49.4 Å². The lowest BCUT2D eigenvalue weighted by Crippen LogP contribution is -2.39. The number of ether oxygens (including phenoxy) is 1. The summed E-state index contributed by atoms with van der Waals surface area (Å²) in [6.07, 6.45) is 6.18. The first-order valence-electron chi connectivity index (χ1n) is 7.28. The number of carbonyl (C=O) groups excluding carboxylic acids is 1. The Balaban J connectivity index is 1.98. The molecule has 0 bridgehead atoms. The minimum Gasteiger partial charge on any atom is -0.460 e. The molecule has 0 aliphatic heterocycles. The van der Waals surface area contributed by atoms with Gasteiger partial charge in [-0.25, -0.2) is 0 Å². The van der Waals surface area contributed by atoms with Crippen molar-refractivity contribution in [3.8, 4) is 0 Å². The van der Waals surface area contributed by atoms with Gasteiger partial charge in [-0.15, -0.1) is 0 Å². The molecule has 20 heavy (non-hydrogen) atoms. The molecule has 0 amide bonds. The Hall–Kier alpha value is -1.06. The van der Waals surface area contributed by atoms with Crippen LogP contribution in [0.2, 0.25) is 5.02 Å². The SMILES string of the molecule is NCC1(C(=O)OCc2cccc(Cl)c2)CCCCCC1. The van der Waals surface area contributed by atoms with Crippen LogP contribution in [0.15, 0.2) is 24.3 Å². The quantitative estimate of drug-likeness (QED) is 0.681. The van der Waals surface area contributed by atoms with Gasteiger partial charge in [-0.3, -0.25) is 4.79 Å². The van der Waals surface area contributed by atoms with Crippen LogP contribution in [0.4, 0.5) is 0 Å². The maximum Gasteiger partial charge on any atom is 0.313 e. The van der Waals surface area contributed by atoms with Crippen molar-refractivity contribution in [2.45, 2.75) is 45.1 Å². The number of hydrogen-bond donors (Lipinski definition) is 1. The van der Waals surface area contributed by atoms with Gasteiger partial charge in [0.1, 0.15) is 6.61 Å². The Morgan fingerprint density at radius 1 is 1.25 bits per heavy atom.